The fourth-order valence-corrected chi connectivity index (χ4v) is 1.86. The van der Waals surface area contributed by atoms with Crippen molar-refractivity contribution < 1.29 is 9.59 Å². The first-order valence-corrected chi connectivity index (χ1v) is 5.80. The molecule has 1 unspecified atom stereocenters. The molecule has 0 aromatic heterocycles. The first-order chi connectivity index (χ1) is 8.61. The quantitative estimate of drug-likeness (QED) is 0.760. The summed E-state index contributed by atoms with van der Waals surface area (Å²) in [5, 5.41) is 2.62. The van der Waals surface area contributed by atoms with Gasteiger partial charge in [0, 0.05) is 6.42 Å². The number of hydrogen-bond donors (Lipinski definition) is 2. The number of nitrogens with one attached hydrogen (secondary N) is 1. The second-order valence-corrected chi connectivity index (χ2v) is 4.27. The smallest absolute Gasteiger partial charge is 0.264 e. The van der Waals surface area contributed by atoms with Crippen LogP contribution in [0.3, 0.4) is 0 Å². The van der Waals surface area contributed by atoms with Gasteiger partial charge < -0.3 is 11.1 Å². The van der Waals surface area contributed by atoms with Gasteiger partial charge in [-0.15, -0.1) is 0 Å². The molecule has 1 aromatic rings. The topological polar surface area (TPSA) is 84.6 Å². The molecule has 1 aliphatic heterocycles. The van der Waals surface area contributed by atoms with Gasteiger partial charge in [-0.3, -0.25) is 9.59 Å². The normalized spacial score (nSPS) is 19.4. The van der Waals surface area contributed by atoms with Gasteiger partial charge in [-0.1, -0.05) is 29.8 Å². The summed E-state index contributed by atoms with van der Waals surface area (Å²) in [7, 11) is 0. The van der Waals surface area contributed by atoms with Crippen molar-refractivity contribution in [2.75, 3.05) is 6.54 Å². The number of benzene rings is 1. The number of carbonyl (C=O) groups excluding carboxylic acids is 2. The van der Waals surface area contributed by atoms with E-state index < -0.39 is 11.8 Å². The largest absolute Gasteiger partial charge is 0.330 e. The van der Waals surface area contributed by atoms with Crippen LogP contribution < -0.4 is 11.1 Å². The van der Waals surface area contributed by atoms with Gasteiger partial charge in [-0.05, 0) is 19.0 Å². The Kier molecular flexibility index (Phi) is 3.53. The Morgan fingerprint density at radius 3 is 2.50 bits per heavy atom. The predicted molar refractivity (Wildman–Crippen MR) is 68.2 cm³/mol. The van der Waals surface area contributed by atoms with Gasteiger partial charge >= 0.3 is 0 Å². The predicted octanol–water partition coefficient (Wildman–Crippen LogP) is 0.482. The lowest BCUT2D eigenvalue weighted by atomic mass is 9.95. The summed E-state index contributed by atoms with van der Waals surface area (Å²) in [6.45, 7) is 2.30. The van der Waals surface area contributed by atoms with Crippen LogP contribution in [0.25, 0.3) is 0 Å². The molecule has 3 N–H and O–H groups in total. The van der Waals surface area contributed by atoms with Crippen LogP contribution in [0.1, 0.15) is 23.5 Å². The maximum Gasteiger partial charge on any atom is 0.264 e. The van der Waals surface area contributed by atoms with Crippen LogP contribution >= 0.6 is 0 Å². The van der Waals surface area contributed by atoms with E-state index in [1.807, 2.05) is 19.1 Å². The first-order valence-electron chi connectivity index (χ1n) is 5.80. The zero-order chi connectivity index (χ0) is 13.1. The van der Waals surface area contributed by atoms with Crippen LogP contribution in [-0.2, 0) is 9.59 Å². The lowest BCUT2D eigenvalue weighted by Gasteiger charge is -2.20. The average Bonchev–Trinajstić information content (AvgIpc) is 2.31. The van der Waals surface area contributed by atoms with Gasteiger partial charge in [-0.25, -0.2) is 0 Å². The Bertz CT molecular complexity index is 505. The van der Waals surface area contributed by atoms with E-state index in [0.29, 0.717) is 24.4 Å². The second-order valence-electron chi connectivity index (χ2n) is 4.27. The molecule has 1 aliphatic rings. The minimum atomic E-state index is -0.841. The van der Waals surface area contributed by atoms with Crippen molar-refractivity contribution in [3.8, 4) is 0 Å². The third-order valence-corrected chi connectivity index (χ3v) is 2.81. The average molecular weight is 245 g/mol. The number of hydrogen-bond acceptors (Lipinski definition) is 3. The molecule has 0 saturated carbocycles. The monoisotopic (exact) mass is 245 g/mol. The molecule has 1 heterocycles. The maximum absolute atomic E-state index is 11.9. The molecule has 0 fully saturated rings. The van der Waals surface area contributed by atoms with Crippen molar-refractivity contribution >= 4 is 17.6 Å². The molecule has 5 heteroatoms. The van der Waals surface area contributed by atoms with Gasteiger partial charge in [0.05, 0.1) is 0 Å². The third kappa shape index (κ3) is 2.46. The molecule has 1 atom stereocenters. The molecule has 0 spiro atoms. The van der Waals surface area contributed by atoms with Crippen molar-refractivity contribution in [3.05, 3.63) is 35.4 Å². The Hall–Kier alpha value is -2.01. The zero-order valence-electron chi connectivity index (χ0n) is 10.1. The molecule has 5 nitrogen and oxygen atoms in total. The number of carbonyl (C=O) groups is 2. The third-order valence-electron chi connectivity index (χ3n) is 2.81. The molecular formula is C13H15N3O2. The highest BCUT2D eigenvalue weighted by molar-refractivity contribution is 6.19. The molecule has 0 aliphatic carbocycles. The SMILES string of the molecule is Cc1ccc(C2C(=O)N=C(CCN)NC2=O)cc1. The minimum Gasteiger partial charge on any atom is -0.330 e. The van der Waals surface area contributed by atoms with Crippen molar-refractivity contribution in [1.29, 1.82) is 0 Å². The number of aryl methyl sites for hydroxylation is 1. The van der Waals surface area contributed by atoms with Gasteiger partial charge in [0.1, 0.15) is 11.8 Å². The summed E-state index contributed by atoms with van der Waals surface area (Å²) >= 11 is 0. The maximum atomic E-state index is 11.9. The Morgan fingerprint density at radius 1 is 1.28 bits per heavy atom. The second kappa shape index (κ2) is 5.10. The number of amidine groups is 1. The van der Waals surface area contributed by atoms with E-state index in [1.165, 1.54) is 0 Å². The highest BCUT2D eigenvalue weighted by Crippen LogP contribution is 2.21. The molecule has 0 bridgehead atoms. The number of rotatable bonds is 3. The van der Waals surface area contributed by atoms with Gasteiger partial charge in [0.15, 0.2) is 0 Å². The molecular weight excluding hydrogens is 230 g/mol. The van der Waals surface area contributed by atoms with Gasteiger partial charge in [0.2, 0.25) is 5.91 Å². The summed E-state index contributed by atoms with van der Waals surface area (Å²) < 4.78 is 0. The number of aliphatic imine (C=N–C) groups is 1. The summed E-state index contributed by atoms with van der Waals surface area (Å²) in [6.07, 6.45) is 0.401. The van der Waals surface area contributed by atoms with Gasteiger partial charge in [-0.2, -0.15) is 4.99 Å². The molecule has 0 saturated heterocycles. The molecule has 2 amide bonds. The van der Waals surface area contributed by atoms with Gasteiger partial charge in [0.25, 0.3) is 5.91 Å². The highest BCUT2D eigenvalue weighted by Gasteiger charge is 2.32. The van der Waals surface area contributed by atoms with Crippen LogP contribution in [-0.4, -0.2) is 24.2 Å². The molecule has 2 rings (SSSR count). The van der Waals surface area contributed by atoms with E-state index >= 15 is 0 Å². The summed E-state index contributed by atoms with van der Waals surface area (Å²) in [6, 6.07) is 7.30. The van der Waals surface area contributed by atoms with E-state index in [9.17, 15) is 9.59 Å². The van der Waals surface area contributed by atoms with E-state index in [2.05, 4.69) is 10.3 Å². The molecule has 18 heavy (non-hydrogen) atoms. The van der Waals surface area contributed by atoms with Crippen molar-refractivity contribution in [1.82, 2.24) is 5.32 Å². The van der Waals surface area contributed by atoms with Crippen LogP contribution in [0, 0.1) is 6.92 Å². The molecule has 1 aromatic carbocycles. The van der Waals surface area contributed by atoms with Crippen LogP contribution in [0.5, 0.6) is 0 Å². The highest BCUT2D eigenvalue weighted by atomic mass is 16.2. The van der Waals surface area contributed by atoms with Crippen molar-refractivity contribution in [3.63, 3.8) is 0 Å². The van der Waals surface area contributed by atoms with Crippen LogP contribution in [0.2, 0.25) is 0 Å². The van der Waals surface area contributed by atoms with E-state index in [4.69, 9.17) is 5.73 Å². The number of nitrogens with two attached hydrogens (primary N) is 1. The summed E-state index contributed by atoms with van der Waals surface area (Å²) in [5.41, 5.74) is 7.11. The first kappa shape index (κ1) is 12.4. The fraction of sp³-hybridized carbons (Fsp3) is 0.308. The van der Waals surface area contributed by atoms with Crippen LogP contribution in [0.15, 0.2) is 29.3 Å². The fourth-order valence-electron chi connectivity index (χ4n) is 1.86. The van der Waals surface area contributed by atoms with Crippen LogP contribution in [0.4, 0.5) is 0 Å². The van der Waals surface area contributed by atoms with E-state index in [0.717, 1.165) is 5.56 Å². The number of amides is 2. The van der Waals surface area contributed by atoms with E-state index in [-0.39, 0.29) is 5.91 Å². The minimum absolute atomic E-state index is 0.331. The molecule has 94 valence electrons. The molecule has 0 radical (unpaired) electrons. The Morgan fingerprint density at radius 2 is 1.94 bits per heavy atom. The van der Waals surface area contributed by atoms with E-state index in [1.54, 1.807) is 12.1 Å². The standard InChI is InChI=1S/C13H15N3O2/c1-8-2-4-9(5-3-8)11-12(17)15-10(6-7-14)16-13(11)18/h2-5,11H,6-7,14H2,1H3,(H,15,16,17,18). The summed E-state index contributed by atoms with van der Waals surface area (Å²) in [4.78, 5) is 27.7. The Balaban J connectivity index is 2.27. The summed E-state index contributed by atoms with van der Waals surface area (Å²) in [5.74, 6) is -1.24. The van der Waals surface area contributed by atoms with Crippen molar-refractivity contribution in [2.45, 2.75) is 19.3 Å². The van der Waals surface area contributed by atoms with Crippen molar-refractivity contribution in [2.24, 2.45) is 10.7 Å². The zero-order valence-corrected chi connectivity index (χ0v) is 10.1. The lowest BCUT2D eigenvalue weighted by Crippen LogP contribution is -2.43. The Labute approximate surface area is 105 Å². The number of nitrogens with zero attached hydrogens (tertiary/aromatic N) is 1. The lowest BCUT2D eigenvalue weighted by molar-refractivity contribution is -0.129.